The van der Waals surface area contributed by atoms with E-state index in [2.05, 4.69) is 20.4 Å². The molecule has 1 N–H and O–H groups in total. The van der Waals surface area contributed by atoms with Crippen molar-refractivity contribution in [2.24, 2.45) is 0 Å². The molecule has 1 unspecified atom stereocenters. The van der Waals surface area contributed by atoms with Crippen LogP contribution in [0.15, 0.2) is 41.2 Å². The molecule has 0 radical (unpaired) electrons. The van der Waals surface area contributed by atoms with Crippen LogP contribution in [0.4, 0.5) is 0 Å². The Morgan fingerprint density at radius 1 is 1.29 bits per heavy atom. The Balaban J connectivity index is 0.00000225. The van der Waals surface area contributed by atoms with E-state index in [9.17, 15) is 4.79 Å². The fourth-order valence-corrected chi connectivity index (χ4v) is 3.57. The van der Waals surface area contributed by atoms with E-state index in [4.69, 9.17) is 4.52 Å². The smallest absolute Gasteiger partial charge is 0.257 e. The summed E-state index contributed by atoms with van der Waals surface area (Å²) in [6, 6.07) is 7.80. The summed E-state index contributed by atoms with van der Waals surface area (Å²) in [4.78, 5) is 24.1. The molecule has 1 fully saturated rings. The second-order valence-electron chi connectivity index (χ2n) is 6.93. The van der Waals surface area contributed by atoms with Crippen molar-refractivity contribution in [2.75, 3.05) is 13.1 Å². The molecular formula is C20H24ClN5O2. The molecule has 0 saturated carbocycles. The van der Waals surface area contributed by atoms with Gasteiger partial charge >= 0.3 is 0 Å². The monoisotopic (exact) mass is 401 g/mol. The molecule has 1 aliphatic rings. The van der Waals surface area contributed by atoms with Crippen LogP contribution in [0.1, 0.15) is 41.0 Å². The van der Waals surface area contributed by atoms with Gasteiger partial charge < -0.3 is 14.7 Å². The topological polar surface area (TPSA) is 84.2 Å². The summed E-state index contributed by atoms with van der Waals surface area (Å²) in [5.74, 6) is -0.0254. The number of carbonyl (C=O) groups is 1. The van der Waals surface area contributed by atoms with Gasteiger partial charge in [0.1, 0.15) is 0 Å². The van der Waals surface area contributed by atoms with Gasteiger partial charge in [0, 0.05) is 18.4 Å². The maximum absolute atomic E-state index is 13.4. The van der Waals surface area contributed by atoms with E-state index in [-0.39, 0.29) is 24.4 Å². The molecule has 0 bridgehead atoms. The van der Waals surface area contributed by atoms with Crippen LogP contribution in [0.25, 0.3) is 11.1 Å². The summed E-state index contributed by atoms with van der Waals surface area (Å²) in [5, 5.41) is 8.13. The molecule has 7 nitrogen and oxygen atoms in total. The predicted molar refractivity (Wildman–Crippen MR) is 108 cm³/mol. The molecule has 0 spiro atoms. The highest BCUT2D eigenvalue weighted by molar-refractivity contribution is 5.97. The first-order valence-electron chi connectivity index (χ1n) is 9.36. The van der Waals surface area contributed by atoms with Crippen molar-refractivity contribution >= 4 is 29.4 Å². The zero-order chi connectivity index (χ0) is 18.6. The van der Waals surface area contributed by atoms with Crippen LogP contribution in [0.5, 0.6) is 0 Å². The average molecular weight is 402 g/mol. The van der Waals surface area contributed by atoms with Gasteiger partial charge in [-0.3, -0.25) is 9.78 Å². The van der Waals surface area contributed by atoms with E-state index in [0.29, 0.717) is 17.8 Å². The lowest BCUT2D eigenvalue weighted by molar-refractivity contribution is 0.0642. The number of rotatable bonds is 4. The lowest BCUT2D eigenvalue weighted by Crippen LogP contribution is -2.40. The summed E-state index contributed by atoms with van der Waals surface area (Å²) in [6.07, 6.45) is 6.31. The fraction of sp³-hybridized carbons (Fsp3) is 0.400. The van der Waals surface area contributed by atoms with Crippen LogP contribution in [-0.4, -0.2) is 45.1 Å². The summed E-state index contributed by atoms with van der Waals surface area (Å²) in [6.45, 7) is 4.25. The molecule has 4 rings (SSSR count). The van der Waals surface area contributed by atoms with E-state index < -0.39 is 0 Å². The molecule has 4 heterocycles. The molecule has 3 aromatic rings. The number of fused-ring (bicyclic) bond motifs is 1. The minimum atomic E-state index is -0.0254. The van der Waals surface area contributed by atoms with Gasteiger partial charge in [-0.1, -0.05) is 11.2 Å². The van der Waals surface area contributed by atoms with Gasteiger partial charge in [0.15, 0.2) is 0 Å². The average Bonchev–Trinajstić information content (AvgIpc) is 2.90. The number of nitrogens with zero attached hydrogens (tertiary/aromatic N) is 4. The molecule has 148 valence electrons. The van der Waals surface area contributed by atoms with Gasteiger partial charge in [-0.15, -0.1) is 12.4 Å². The van der Waals surface area contributed by atoms with Crippen molar-refractivity contribution in [3.63, 3.8) is 0 Å². The number of carbonyl (C=O) groups excluding carboxylic acids is 1. The molecule has 28 heavy (non-hydrogen) atoms. The van der Waals surface area contributed by atoms with Gasteiger partial charge in [0.25, 0.3) is 11.6 Å². The Labute approximate surface area is 169 Å². The first kappa shape index (κ1) is 20.2. The third-order valence-electron chi connectivity index (χ3n) is 5.06. The van der Waals surface area contributed by atoms with E-state index in [1.54, 1.807) is 12.4 Å². The molecule has 1 saturated heterocycles. The molecule has 3 aromatic heterocycles. The first-order valence-corrected chi connectivity index (χ1v) is 9.36. The standard InChI is InChI=1S/C20H23N5O2.ClH/c1-14-18-11-15(12-23-19(18)27-24-14)20(26)25(13-16-5-2-3-9-22-16)17-6-4-8-21-10-7-17;/h2-3,5,9,11-12,17,21H,4,6-8,10,13H2,1H3;1H. The summed E-state index contributed by atoms with van der Waals surface area (Å²) >= 11 is 0. The van der Waals surface area contributed by atoms with Crippen LogP contribution >= 0.6 is 12.4 Å². The van der Waals surface area contributed by atoms with E-state index in [1.165, 1.54) is 0 Å². The van der Waals surface area contributed by atoms with E-state index in [1.807, 2.05) is 36.1 Å². The van der Waals surface area contributed by atoms with Gasteiger partial charge in [-0.2, -0.15) is 0 Å². The summed E-state index contributed by atoms with van der Waals surface area (Å²) < 4.78 is 5.17. The Morgan fingerprint density at radius 2 is 2.18 bits per heavy atom. The van der Waals surface area contributed by atoms with Crippen molar-refractivity contribution in [1.29, 1.82) is 0 Å². The molecule has 1 amide bonds. The predicted octanol–water partition coefficient (Wildman–Crippen LogP) is 3.13. The third kappa shape index (κ3) is 4.31. The van der Waals surface area contributed by atoms with Crippen LogP contribution in [0.2, 0.25) is 0 Å². The maximum Gasteiger partial charge on any atom is 0.257 e. The minimum Gasteiger partial charge on any atom is -0.336 e. The molecule has 1 atom stereocenters. The van der Waals surface area contributed by atoms with Gasteiger partial charge in [-0.25, -0.2) is 4.98 Å². The highest BCUT2D eigenvalue weighted by Gasteiger charge is 2.27. The number of halogens is 1. The Kier molecular flexibility index (Phi) is 6.59. The van der Waals surface area contributed by atoms with E-state index >= 15 is 0 Å². The third-order valence-corrected chi connectivity index (χ3v) is 5.06. The van der Waals surface area contributed by atoms with Crippen LogP contribution in [0.3, 0.4) is 0 Å². The van der Waals surface area contributed by atoms with Gasteiger partial charge in [0.2, 0.25) is 0 Å². The van der Waals surface area contributed by atoms with E-state index in [0.717, 1.165) is 49.1 Å². The summed E-state index contributed by atoms with van der Waals surface area (Å²) in [5.41, 5.74) is 2.64. The number of aryl methyl sites for hydroxylation is 1. The van der Waals surface area contributed by atoms with Crippen molar-refractivity contribution in [2.45, 2.75) is 38.8 Å². The Morgan fingerprint density at radius 3 is 3.00 bits per heavy atom. The fourth-order valence-electron chi connectivity index (χ4n) is 3.57. The number of aromatic nitrogens is 3. The van der Waals surface area contributed by atoms with Crippen molar-refractivity contribution < 1.29 is 9.32 Å². The number of pyridine rings is 2. The number of nitrogens with one attached hydrogen (secondary N) is 1. The molecule has 1 aliphatic heterocycles. The van der Waals surface area contributed by atoms with Crippen molar-refractivity contribution in [1.82, 2.24) is 25.3 Å². The highest BCUT2D eigenvalue weighted by Crippen LogP contribution is 2.22. The second kappa shape index (κ2) is 9.12. The first-order chi connectivity index (χ1) is 13.2. The highest BCUT2D eigenvalue weighted by atomic mass is 35.5. The quantitative estimate of drug-likeness (QED) is 0.723. The second-order valence-corrected chi connectivity index (χ2v) is 6.93. The number of amides is 1. The molecular weight excluding hydrogens is 378 g/mol. The number of hydrogen-bond donors (Lipinski definition) is 1. The van der Waals surface area contributed by atoms with Crippen LogP contribution < -0.4 is 5.32 Å². The molecule has 0 aliphatic carbocycles. The SMILES string of the molecule is Cc1noc2ncc(C(=O)N(Cc3ccccn3)C3CCCNCC3)cc12.Cl. The van der Waals surface area contributed by atoms with Crippen molar-refractivity contribution in [3.05, 3.63) is 53.6 Å². The van der Waals surface area contributed by atoms with Gasteiger partial charge in [-0.05, 0) is 57.5 Å². The zero-order valence-corrected chi connectivity index (χ0v) is 16.6. The number of hydrogen-bond acceptors (Lipinski definition) is 6. The molecule has 8 heteroatoms. The minimum absolute atomic E-state index is 0. The van der Waals surface area contributed by atoms with Crippen molar-refractivity contribution in [3.8, 4) is 0 Å². The lowest BCUT2D eigenvalue weighted by Gasteiger charge is -2.31. The zero-order valence-electron chi connectivity index (χ0n) is 15.8. The molecule has 0 aromatic carbocycles. The van der Waals surface area contributed by atoms with Gasteiger partial charge in [0.05, 0.1) is 28.9 Å². The summed E-state index contributed by atoms with van der Waals surface area (Å²) in [7, 11) is 0. The maximum atomic E-state index is 13.4. The van der Waals surface area contributed by atoms with Crippen LogP contribution in [-0.2, 0) is 6.54 Å². The Bertz CT molecular complexity index is 923. The van der Waals surface area contributed by atoms with Crippen LogP contribution in [0, 0.1) is 6.92 Å². The lowest BCUT2D eigenvalue weighted by atomic mass is 10.0. The largest absolute Gasteiger partial charge is 0.336 e. The Hall–Kier alpha value is -2.51. The normalized spacial score (nSPS) is 17.0.